The van der Waals surface area contributed by atoms with Crippen molar-refractivity contribution in [1.29, 1.82) is 5.26 Å². The Kier molecular flexibility index (Phi) is 4.57. The van der Waals surface area contributed by atoms with E-state index in [1.807, 2.05) is 0 Å². The highest BCUT2D eigenvalue weighted by atomic mass is 35.5. The van der Waals surface area contributed by atoms with Gasteiger partial charge in [0.2, 0.25) is 0 Å². The Morgan fingerprint density at radius 2 is 1.94 bits per heavy atom. The van der Waals surface area contributed by atoms with Gasteiger partial charge in [-0.05, 0) is 0 Å². The molecule has 0 radical (unpaired) electrons. The molecule has 0 saturated carbocycles. The first-order chi connectivity index (χ1) is 8.54. The van der Waals surface area contributed by atoms with E-state index in [1.54, 1.807) is 6.07 Å². The Labute approximate surface area is 107 Å². The molecule has 0 aliphatic rings. The second kappa shape index (κ2) is 5.93. The van der Waals surface area contributed by atoms with Gasteiger partial charge in [-0.1, -0.05) is 11.6 Å². The lowest BCUT2D eigenvalue weighted by atomic mass is 10.0. The number of carbonyl (C=O) groups excluding carboxylic acids is 2. The predicted molar refractivity (Wildman–Crippen MR) is 58.5 cm³/mol. The molecular weight excluding hydrogens is 262 g/mol. The first-order valence-corrected chi connectivity index (χ1v) is 5.01. The number of nitrogens with zero attached hydrogens (tertiary/aromatic N) is 3. The summed E-state index contributed by atoms with van der Waals surface area (Å²) >= 11 is 5.57. The maximum absolute atomic E-state index is 11.5. The molecule has 0 N–H and O–H groups in total. The minimum atomic E-state index is -1.46. The molecule has 1 heterocycles. The van der Waals surface area contributed by atoms with Crippen LogP contribution in [0.3, 0.4) is 0 Å². The third-order valence-electron chi connectivity index (χ3n) is 2.02. The number of esters is 2. The molecule has 0 aliphatic heterocycles. The maximum atomic E-state index is 11.5. The number of rotatable bonds is 3. The van der Waals surface area contributed by atoms with E-state index >= 15 is 0 Å². The van der Waals surface area contributed by atoms with Gasteiger partial charge in [0.15, 0.2) is 11.6 Å². The van der Waals surface area contributed by atoms with E-state index in [1.165, 1.54) is 0 Å². The first-order valence-electron chi connectivity index (χ1n) is 4.63. The zero-order valence-corrected chi connectivity index (χ0v) is 10.3. The zero-order valence-electron chi connectivity index (χ0n) is 9.51. The number of aromatic nitrogens is 2. The largest absolute Gasteiger partial charge is 0.468 e. The third-order valence-corrected chi connectivity index (χ3v) is 2.21. The molecular formula is C10H8ClN3O4. The lowest BCUT2D eigenvalue weighted by Crippen LogP contribution is -2.26. The summed E-state index contributed by atoms with van der Waals surface area (Å²) in [4.78, 5) is 30.5. The lowest BCUT2D eigenvalue weighted by Gasteiger charge is -2.12. The molecule has 1 aromatic heterocycles. The molecule has 0 amide bonds. The Balaban J connectivity index is 3.34. The average molecular weight is 270 g/mol. The van der Waals surface area contributed by atoms with E-state index in [4.69, 9.17) is 16.9 Å². The molecule has 94 valence electrons. The van der Waals surface area contributed by atoms with Crippen LogP contribution in [0.15, 0.2) is 6.20 Å². The third kappa shape index (κ3) is 2.73. The molecule has 0 fully saturated rings. The highest BCUT2D eigenvalue weighted by Gasteiger charge is 2.34. The number of carbonyl (C=O) groups is 2. The maximum Gasteiger partial charge on any atom is 0.326 e. The number of hydrogen-bond donors (Lipinski definition) is 0. The number of hydrogen-bond acceptors (Lipinski definition) is 7. The normalized spacial score (nSPS) is 9.72. The van der Waals surface area contributed by atoms with Crippen molar-refractivity contribution in [3.05, 3.63) is 22.7 Å². The molecule has 18 heavy (non-hydrogen) atoms. The predicted octanol–water partition coefficient (Wildman–Crippen LogP) is 0.431. The summed E-state index contributed by atoms with van der Waals surface area (Å²) in [6.07, 6.45) is 1.12. The van der Waals surface area contributed by atoms with Gasteiger partial charge in [0.05, 0.1) is 20.4 Å². The van der Waals surface area contributed by atoms with E-state index in [-0.39, 0.29) is 16.5 Å². The summed E-state index contributed by atoms with van der Waals surface area (Å²) < 4.78 is 8.94. The van der Waals surface area contributed by atoms with Gasteiger partial charge < -0.3 is 9.47 Å². The van der Waals surface area contributed by atoms with Crippen molar-refractivity contribution in [2.45, 2.75) is 5.92 Å². The summed E-state index contributed by atoms with van der Waals surface area (Å²) in [6, 6.07) is 1.70. The van der Waals surface area contributed by atoms with Crippen LogP contribution >= 0.6 is 11.6 Å². The number of methoxy groups -OCH3 is 2. The van der Waals surface area contributed by atoms with Crippen molar-refractivity contribution < 1.29 is 19.1 Å². The fourth-order valence-electron chi connectivity index (χ4n) is 1.23. The summed E-state index contributed by atoms with van der Waals surface area (Å²) in [5.74, 6) is -3.25. The standard InChI is InChI=1S/C10H8ClN3O4/c1-17-9(15)7(10(16)18-2)8-5(3-12)14-6(11)4-13-8/h4,7H,1-2H3. The van der Waals surface area contributed by atoms with Gasteiger partial charge in [0.25, 0.3) is 0 Å². The van der Waals surface area contributed by atoms with Crippen LogP contribution in [0.1, 0.15) is 17.3 Å². The summed E-state index contributed by atoms with van der Waals surface area (Å²) in [6.45, 7) is 0. The molecule has 0 saturated heterocycles. The highest BCUT2D eigenvalue weighted by molar-refractivity contribution is 6.29. The molecule has 1 rings (SSSR count). The molecule has 0 aliphatic carbocycles. The van der Waals surface area contributed by atoms with E-state index in [9.17, 15) is 9.59 Å². The lowest BCUT2D eigenvalue weighted by molar-refractivity contribution is -0.154. The molecule has 1 aromatic rings. The molecule has 0 bridgehead atoms. The quantitative estimate of drug-likeness (QED) is 0.579. The van der Waals surface area contributed by atoms with Crippen molar-refractivity contribution in [2.24, 2.45) is 0 Å². The molecule has 7 nitrogen and oxygen atoms in total. The summed E-state index contributed by atoms with van der Waals surface area (Å²) in [5, 5.41) is 8.86. The number of nitriles is 1. The van der Waals surface area contributed by atoms with Crippen molar-refractivity contribution in [3.8, 4) is 6.07 Å². The number of ether oxygens (including phenoxy) is 2. The monoisotopic (exact) mass is 269 g/mol. The molecule has 0 aromatic carbocycles. The van der Waals surface area contributed by atoms with Gasteiger partial charge in [-0.2, -0.15) is 5.26 Å². The Morgan fingerprint density at radius 1 is 1.39 bits per heavy atom. The minimum absolute atomic E-state index is 0.0243. The van der Waals surface area contributed by atoms with Crippen LogP contribution in [0.5, 0.6) is 0 Å². The Hall–Kier alpha value is -2.20. The number of halogens is 1. The molecule has 8 heteroatoms. The second-order valence-electron chi connectivity index (χ2n) is 3.02. The highest BCUT2D eigenvalue weighted by Crippen LogP contribution is 2.20. The van der Waals surface area contributed by atoms with Crippen molar-refractivity contribution in [2.75, 3.05) is 14.2 Å². The first kappa shape index (κ1) is 13.9. The fraction of sp³-hybridized carbons (Fsp3) is 0.300. The Bertz CT molecular complexity index is 510. The van der Waals surface area contributed by atoms with E-state index in [2.05, 4.69) is 19.4 Å². The van der Waals surface area contributed by atoms with Crippen LogP contribution in [-0.2, 0) is 19.1 Å². The summed E-state index contributed by atoms with van der Waals surface area (Å²) in [7, 11) is 2.21. The van der Waals surface area contributed by atoms with Crippen LogP contribution in [0.4, 0.5) is 0 Å². The van der Waals surface area contributed by atoms with Gasteiger partial charge >= 0.3 is 11.9 Å². The SMILES string of the molecule is COC(=O)C(C(=O)OC)c1ncc(Cl)nc1C#N. The van der Waals surface area contributed by atoms with E-state index in [0.717, 1.165) is 20.4 Å². The van der Waals surface area contributed by atoms with Crippen molar-refractivity contribution in [1.82, 2.24) is 9.97 Å². The average Bonchev–Trinajstić information content (AvgIpc) is 2.39. The van der Waals surface area contributed by atoms with Crippen LogP contribution in [0.25, 0.3) is 0 Å². The smallest absolute Gasteiger partial charge is 0.326 e. The van der Waals surface area contributed by atoms with Crippen LogP contribution in [0, 0.1) is 11.3 Å². The second-order valence-corrected chi connectivity index (χ2v) is 3.40. The molecule has 0 unspecified atom stereocenters. The zero-order chi connectivity index (χ0) is 13.7. The van der Waals surface area contributed by atoms with Crippen LogP contribution < -0.4 is 0 Å². The topological polar surface area (TPSA) is 102 Å². The van der Waals surface area contributed by atoms with E-state index < -0.39 is 17.9 Å². The minimum Gasteiger partial charge on any atom is -0.468 e. The van der Waals surface area contributed by atoms with Gasteiger partial charge in [0, 0.05) is 0 Å². The van der Waals surface area contributed by atoms with Crippen LogP contribution in [0.2, 0.25) is 5.15 Å². The van der Waals surface area contributed by atoms with Crippen molar-refractivity contribution >= 4 is 23.5 Å². The Morgan fingerprint density at radius 3 is 2.39 bits per heavy atom. The van der Waals surface area contributed by atoms with Crippen LogP contribution in [-0.4, -0.2) is 36.1 Å². The molecule has 0 atom stereocenters. The van der Waals surface area contributed by atoms with Gasteiger partial charge in [-0.25, -0.2) is 4.98 Å². The van der Waals surface area contributed by atoms with Gasteiger partial charge in [-0.15, -0.1) is 0 Å². The van der Waals surface area contributed by atoms with Crippen molar-refractivity contribution in [3.63, 3.8) is 0 Å². The van der Waals surface area contributed by atoms with Gasteiger partial charge in [-0.3, -0.25) is 14.6 Å². The molecule has 0 spiro atoms. The fourth-order valence-corrected chi connectivity index (χ4v) is 1.36. The summed E-state index contributed by atoms with van der Waals surface area (Å²) in [5.41, 5.74) is -0.385. The van der Waals surface area contributed by atoms with Gasteiger partial charge in [0.1, 0.15) is 16.9 Å². The van der Waals surface area contributed by atoms with E-state index in [0.29, 0.717) is 0 Å².